The third-order valence-corrected chi connectivity index (χ3v) is 7.11. The van der Waals surface area contributed by atoms with Gasteiger partial charge in [0.2, 0.25) is 0 Å². The zero-order chi connectivity index (χ0) is 31.5. The van der Waals surface area contributed by atoms with Gasteiger partial charge in [0.25, 0.3) is 5.91 Å². The second-order valence-corrected chi connectivity index (χ2v) is 10.3. The number of ether oxygens (including phenoxy) is 2. The van der Waals surface area contributed by atoms with Gasteiger partial charge < -0.3 is 19.9 Å². The number of rotatable bonds is 14. The summed E-state index contributed by atoms with van der Waals surface area (Å²) in [5, 5.41) is 12.3. The molecule has 0 radical (unpaired) electrons. The minimum Gasteiger partial charge on any atom is -0.497 e. The van der Waals surface area contributed by atoms with Crippen molar-refractivity contribution in [1.82, 2.24) is 5.32 Å². The van der Waals surface area contributed by atoms with Crippen molar-refractivity contribution in [3.63, 3.8) is 0 Å². The van der Waals surface area contributed by atoms with E-state index in [-0.39, 0.29) is 22.4 Å². The van der Waals surface area contributed by atoms with E-state index in [1.165, 1.54) is 30.9 Å². The summed E-state index contributed by atoms with van der Waals surface area (Å²) in [4.78, 5) is 24.8. The Labute approximate surface area is 254 Å². The number of benzene rings is 4. The van der Waals surface area contributed by atoms with Gasteiger partial charge in [0.15, 0.2) is 6.61 Å². The molecule has 4 rings (SSSR count). The number of amides is 1. The van der Waals surface area contributed by atoms with Crippen LogP contribution >= 0.6 is 0 Å². The van der Waals surface area contributed by atoms with E-state index in [4.69, 9.17) is 9.47 Å². The number of halogens is 3. The molecule has 6 nitrogen and oxygen atoms in total. The number of nitrogens with one attached hydrogen (secondary N) is 1. The molecular formula is C35H34F3NO5. The lowest BCUT2D eigenvalue weighted by Crippen LogP contribution is -2.24. The van der Waals surface area contributed by atoms with Gasteiger partial charge in [-0.25, -0.2) is 4.79 Å². The van der Waals surface area contributed by atoms with Crippen LogP contribution in [0.3, 0.4) is 0 Å². The SMILES string of the molecule is COc1ccc(-c2cc(C(=O)NCCCCCCc3ccccc3)cc(-c3cccc(C(F)(F)F)c3)c2OCC(=O)O)cc1. The van der Waals surface area contributed by atoms with Crippen LogP contribution in [0, 0.1) is 0 Å². The lowest BCUT2D eigenvalue weighted by molar-refractivity contribution is -0.139. The van der Waals surface area contributed by atoms with Crippen LogP contribution in [0.5, 0.6) is 11.5 Å². The van der Waals surface area contributed by atoms with Crippen LogP contribution in [0.4, 0.5) is 13.2 Å². The van der Waals surface area contributed by atoms with Gasteiger partial charge in [0.05, 0.1) is 12.7 Å². The van der Waals surface area contributed by atoms with Crippen molar-refractivity contribution >= 4 is 11.9 Å². The van der Waals surface area contributed by atoms with E-state index >= 15 is 0 Å². The molecule has 0 heterocycles. The van der Waals surface area contributed by atoms with Gasteiger partial charge in [-0.1, -0.05) is 67.4 Å². The van der Waals surface area contributed by atoms with E-state index in [0.29, 0.717) is 23.4 Å². The highest BCUT2D eigenvalue weighted by Crippen LogP contribution is 2.42. The maximum absolute atomic E-state index is 13.6. The summed E-state index contributed by atoms with van der Waals surface area (Å²) in [5.74, 6) is -1.04. The minimum absolute atomic E-state index is 0.0480. The van der Waals surface area contributed by atoms with Gasteiger partial charge in [-0.05, 0) is 72.4 Å². The molecule has 9 heteroatoms. The molecule has 4 aromatic rings. The number of aliphatic carboxylic acids is 1. The Balaban J connectivity index is 1.61. The standard InChI is InChI=1S/C35H34F3NO5/c1-43-29-17-15-25(16-18-29)30-21-27(34(42)39-19-8-3-2-5-10-24-11-6-4-7-12-24)22-31(33(30)44-23-32(40)41)26-13-9-14-28(20-26)35(36,37)38/h4,6-7,9,11-18,20-22H,2-3,5,8,10,19,23H2,1H3,(H,39,42)(H,40,41). The van der Waals surface area contributed by atoms with Gasteiger partial charge in [-0.3, -0.25) is 4.79 Å². The molecule has 0 aliphatic carbocycles. The maximum Gasteiger partial charge on any atom is 0.416 e. The highest BCUT2D eigenvalue weighted by molar-refractivity contribution is 5.99. The monoisotopic (exact) mass is 605 g/mol. The van der Waals surface area contributed by atoms with E-state index in [1.54, 1.807) is 30.3 Å². The first-order valence-electron chi connectivity index (χ1n) is 14.3. The Kier molecular flexibility index (Phi) is 11.0. The Morgan fingerprint density at radius 3 is 2.14 bits per heavy atom. The van der Waals surface area contributed by atoms with Crippen LogP contribution in [-0.2, 0) is 17.4 Å². The average molecular weight is 606 g/mol. The Morgan fingerprint density at radius 2 is 1.48 bits per heavy atom. The third kappa shape index (κ3) is 8.86. The number of carbonyl (C=O) groups is 2. The Hall–Kier alpha value is -4.79. The topological polar surface area (TPSA) is 84.9 Å². The van der Waals surface area contributed by atoms with Gasteiger partial charge in [0.1, 0.15) is 11.5 Å². The Bertz CT molecular complexity index is 1550. The minimum atomic E-state index is -4.60. The first kappa shape index (κ1) is 32.1. The predicted octanol–water partition coefficient (Wildman–Crippen LogP) is 8.04. The van der Waals surface area contributed by atoms with Gasteiger partial charge in [-0.2, -0.15) is 13.2 Å². The normalized spacial score (nSPS) is 11.2. The van der Waals surface area contributed by atoms with Crippen molar-refractivity contribution in [3.05, 3.63) is 108 Å². The molecule has 0 saturated carbocycles. The summed E-state index contributed by atoms with van der Waals surface area (Å²) in [5.41, 5.74) is 1.82. The van der Waals surface area contributed by atoms with E-state index in [2.05, 4.69) is 17.4 Å². The highest BCUT2D eigenvalue weighted by atomic mass is 19.4. The lowest BCUT2D eigenvalue weighted by Gasteiger charge is -2.19. The van der Waals surface area contributed by atoms with Crippen LogP contribution in [0.25, 0.3) is 22.3 Å². The molecular weight excluding hydrogens is 571 g/mol. The van der Waals surface area contributed by atoms with Crippen LogP contribution in [-0.4, -0.2) is 37.2 Å². The summed E-state index contributed by atoms with van der Waals surface area (Å²) in [6, 6.07) is 24.6. The summed E-state index contributed by atoms with van der Waals surface area (Å²) in [6.45, 7) is -0.302. The number of hydrogen-bond acceptors (Lipinski definition) is 4. The summed E-state index contributed by atoms with van der Waals surface area (Å²) in [6.07, 6.45) is 0.153. The molecule has 0 saturated heterocycles. The number of hydrogen-bond donors (Lipinski definition) is 2. The van der Waals surface area contributed by atoms with Crippen LogP contribution in [0.2, 0.25) is 0 Å². The van der Waals surface area contributed by atoms with Gasteiger partial charge in [-0.15, -0.1) is 0 Å². The number of carbonyl (C=O) groups excluding carboxylic acids is 1. The van der Waals surface area contributed by atoms with E-state index < -0.39 is 30.2 Å². The molecule has 44 heavy (non-hydrogen) atoms. The smallest absolute Gasteiger partial charge is 0.416 e. The number of unbranched alkanes of at least 4 members (excludes halogenated alkanes) is 3. The molecule has 2 N–H and O–H groups in total. The fourth-order valence-corrected chi connectivity index (χ4v) is 4.87. The lowest BCUT2D eigenvalue weighted by atomic mass is 9.93. The predicted molar refractivity (Wildman–Crippen MR) is 163 cm³/mol. The summed E-state index contributed by atoms with van der Waals surface area (Å²) in [7, 11) is 1.51. The van der Waals surface area contributed by atoms with Crippen molar-refractivity contribution in [3.8, 4) is 33.8 Å². The number of alkyl halides is 3. The zero-order valence-electron chi connectivity index (χ0n) is 24.3. The van der Waals surface area contributed by atoms with Gasteiger partial charge in [0, 0.05) is 23.2 Å². The number of carboxylic acids is 1. The number of aryl methyl sites for hydroxylation is 1. The molecule has 0 aliphatic rings. The highest BCUT2D eigenvalue weighted by Gasteiger charge is 2.31. The fourth-order valence-electron chi connectivity index (χ4n) is 4.87. The molecule has 0 atom stereocenters. The molecule has 1 amide bonds. The molecule has 0 fully saturated rings. The summed E-state index contributed by atoms with van der Waals surface area (Å²) < 4.78 is 51.8. The van der Waals surface area contributed by atoms with Crippen molar-refractivity contribution in [2.75, 3.05) is 20.3 Å². The second kappa shape index (κ2) is 15.1. The molecule has 0 bridgehead atoms. The number of carboxylic acid groups (broad SMARTS) is 1. The fraction of sp³-hybridized carbons (Fsp3) is 0.257. The summed E-state index contributed by atoms with van der Waals surface area (Å²) >= 11 is 0. The molecule has 230 valence electrons. The molecule has 4 aromatic carbocycles. The first-order chi connectivity index (χ1) is 21.2. The Morgan fingerprint density at radius 1 is 0.795 bits per heavy atom. The molecule has 0 spiro atoms. The maximum atomic E-state index is 13.6. The van der Waals surface area contributed by atoms with E-state index in [1.807, 2.05) is 18.2 Å². The van der Waals surface area contributed by atoms with Gasteiger partial charge >= 0.3 is 12.1 Å². The molecule has 0 aromatic heterocycles. The third-order valence-electron chi connectivity index (χ3n) is 7.11. The second-order valence-electron chi connectivity index (χ2n) is 10.3. The first-order valence-corrected chi connectivity index (χ1v) is 14.3. The molecule has 0 unspecified atom stereocenters. The van der Waals surface area contributed by atoms with Crippen LogP contribution in [0.15, 0.2) is 91.0 Å². The van der Waals surface area contributed by atoms with Crippen molar-refractivity contribution in [2.45, 2.75) is 38.3 Å². The van der Waals surface area contributed by atoms with Crippen molar-refractivity contribution < 1.29 is 37.3 Å². The quantitative estimate of drug-likeness (QED) is 0.142. The number of methoxy groups -OCH3 is 1. The van der Waals surface area contributed by atoms with Crippen molar-refractivity contribution in [2.24, 2.45) is 0 Å². The van der Waals surface area contributed by atoms with Crippen molar-refractivity contribution in [1.29, 1.82) is 0 Å². The molecule has 0 aliphatic heterocycles. The van der Waals surface area contributed by atoms with E-state index in [0.717, 1.165) is 44.2 Å². The zero-order valence-corrected chi connectivity index (χ0v) is 24.3. The average Bonchev–Trinajstić information content (AvgIpc) is 3.03. The van der Waals surface area contributed by atoms with Crippen LogP contribution < -0.4 is 14.8 Å². The largest absolute Gasteiger partial charge is 0.497 e. The van der Waals surface area contributed by atoms with Crippen LogP contribution in [0.1, 0.15) is 47.2 Å². The van der Waals surface area contributed by atoms with E-state index in [9.17, 15) is 27.9 Å².